The first-order chi connectivity index (χ1) is 20.3. The molecule has 7 heteroatoms. The van der Waals surface area contributed by atoms with Gasteiger partial charge < -0.3 is 24.4 Å². The summed E-state index contributed by atoms with van der Waals surface area (Å²) in [5, 5.41) is 11.1. The third kappa shape index (κ3) is 5.56. The Balaban J connectivity index is 1.44. The largest absolute Gasteiger partial charge is 0.490 e. The quantitative estimate of drug-likeness (QED) is 0.387. The van der Waals surface area contributed by atoms with Crippen LogP contribution in [0, 0.1) is 11.8 Å². The first-order valence-electron chi connectivity index (χ1n) is 15.4. The number of hydrogen-bond acceptors (Lipinski definition) is 5. The number of anilines is 1. The van der Waals surface area contributed by atoms with Gasteiger partial charge in [0.25, 0.3) is 0 Å². The minimum absolute atomic E-state index is 0.0853. The lowest BCUT2D eigenvalue weighted by molar-refractivity contribution is -0.138. The van der Waals surface area contributed by atoms with E-state index in [1.54, 1.807) is 0 Å². The summed E-state index contributed by atoms with van der Waals surface area (Å²) in [5.41, 5.74) is 5.11. The van der Waals surface area contributed by atoms with Gasteiger partial charge in [-0.1, -0.05) is 42.5 Å². The van der Waals surface area contributed by atoms with Crippen LogP contribution in [0.25, 0.3) is 0 Å². The number of carbonyl (C=O) groups is 1. The average Bonchev–Trinajstić information content (AvgIpc) is 3.11. The molecule has 2 aliphatic heterocycles. The highest BCUT2D eigenvalue weighted by molar-refractivity contribution is 6.30. The van der Waals surface area contributed by atoms with E-state index in [1.165, 1.54) is 11.1 Å². The van der Waals surface area contributed by atoms with E-state index in [9.17, 15) is 9.90 Å². The molecule has 42 heavy (non-hydrogen) atoms. The smallest absolute Gasteiger partial charge is 0.311 e. The van der Waals surface area contributed by atoms with Gasteiger partial charge in [-0.2, -0.15) is 0 Å². The highest BCUT2D eigenvalue weighted by Crippen LogP contribution is 2.47. The molecule has 1 N–H and O–H groups in total. The molecule has 224 valence electrons. The van der Waals surface area contributed by atoms with E-state index < -0.39 is 11.9 Å². The number of benzene rings is 2. The molecule has 0 aromatic heterocycles. The number of hydrogen-bond donors (Lipinski definition) is 1. The van der Waals surface area contributed by atoms with E-state index >= 15 is 0 Å². The maximum Gasteiger partial charge on any atom is 0.311 e. The van der Waals surface area contributed by atoms with Crippen LogP contribution in [0.5, 0.6) is 5.75 Å². The molecular formula is C35H43ClN2O4. The van der Waals surface area contributed by atoms with Crippen LogP contribution >= 0.6 is 11.6 Å². The third-order valence-corrected chi connectivity index (χ3v) is 10.6. The molecule has 2 heterocycles. The number of halogens is 1. The lowest BCUT2D eigenvalue weighted by atomic mass is 9.68. The maximum atomic E-state index is 12.6. The predicted octanol–water partition coefficient (Wildman–Crippen LogP) is 6.82. The van der Waals surface area contributed by atoms with Gasteiger partial charge in [0.2, 0.25) is 0 Å². The van der Waals surface area contributed by atoms with Crippen LogP contribution in [-0.4, -0.2) is 62.5 Å². The van der Waals surface area contributed by atoms with Crippen molar-refractivity contribution in [1.29, 1.82) is 0 Å². The van der Waals surface area contributed by atoms with E-state index in [4.69, 9.17) is 21.1 Å². The molecule has 0 amide bonds. The average molecular weight is 591 g/mol. The standard InChI is InChI=1S/C35H43ClN2O4/c1-23-17-29(34(39)40)24-10-14-33-31(19-24)38(20-26-9-12-28(26)32(41-3)8-4-5-16-37(23)2)21-35(22-42-33)15-6-7-25-18-27(36)11-13-30(25)35/h4,8,10-11,13-14,18-19,26,28-29,32H,1,5-7,9,12,15-17,20-22H2,2-3H3,(H,39,40)/b8-4+/t26-,28+,29+,32-,35-/m0/s1. The molecule has 2 aromatic carbocycles. The van der Waals surface area contributed by atoms with Gasteiger partial charge in [0.1, 0.15) is 5.75 Å². The molecular weight excluding hydrogens is 548 g/mol. The van der Waals surface area contributed by atoms with Gasteiger partial charge >= 0.3 is 5.97 Å². The Labute approximate surface area is 254 Å². The number of methoxy groups -OCH3 is 1. The first kappa shape index (κ1) is 29.1. The molecule has 4 aliphatic rings. The van der Waals surface area contributed by atoms with Crippen molar-refractivity contribution in [1.82, 2.24) is 4.90 Å². The van der Waals surface area contributed by atoms with Gasteiger partial charge in [0.05, 0.1) is 24.3 Å². The number of fused-ring (bicyclic) bond motifs is 4. The Morgan fingerprint density at radius 2 is 2.07 bits per heavy atom. The van der Waals surface area contributed by atoms with Gasteiger partial charge in [0.15, 0.2) is 0 Å². The predicted molar refractivity (Wildman–Crippen MR) is 168 cm³/mol. The molecule has 0 unspecified atom stereocenters. The van der Waals surface area contributed by atoms with E-state index in [0.717, 1.165) is 85.9 Å². The second kappa shape index (κ2) is 12.0. The van der Waals surface area contributed by atoms with Crippen molar-refractivity contribution < 1.29 is 19.4 Å². The monoisotopic (exact) mass is 590 g/mol. The molecule has 6 nitrogen and oxygen atoms in total. The van der Waals surface area contributed by atoms with Crippen molar-refractivity contribution in [2.45, 2.75) is 62.4 Å². The summed E-state index contributed by atoms with van der Waals surface area (Å²) >= 11 is 6.43. The molecule has 0 saturated heterocycles. The molecule has 1 fully saturated rings. The van der Waals surface area contributed by atoms with Crippen LogP contribution in [0.3, 0.4) is 0 Å². The molecule has 5 atom stereocenters. The number of carboxylic acids is 1. The number of nitrogens with zero attached hydrogens (tertiary/aromatic N) is 2. The van der Waals surface area contributed by atoms with Gasteiger partial charge in [-0.05, 0) is 91.3 Å². The van der Waals surface area contributed by atoms with E-state index in [1.807, 2.05) is 32.4 Å². The maximum absolute atomic E-state index is 12.6. The summed E-state index contributed by atoms with van der Waals surface area (Å²) in [6.45, 7) is 7.34. The summed E-state index contributed by atoms with van der Waals surface area (Å²) in [4.78, 5) is 17.2. The Kier molecular flexibility index (Phi) is 8.30. The Hall–Kier alpha value is -2.96. The Bertz CT molecular complexity index is 1370. The molecule has 2 aromatic rings. The van der Waals surface area contributed by atoms with Gasteiger partial charge in [-0.25, -0.2) is 0 Å². The van der Waals surface area contributed by atoms with Crippen LogP contribution in [0.15, 0.2) is 60.8 Å². The summed E-state index contributed by atoms with van der Waals surface area (Å²) < 4.78 is 12.7. The first-order valence-corrected chi connectivity index (χ1v) is 15.8. The number of ether oxygens (including phenoxy) is 2. The summed E-state index contributed by atoms with van der Waals surface area (Å²) in [5.74, 6) is 0.243. The van der Waals surface area contributed by atoms with Crippen molar-refractivity contribution in [3.05, 3.63) is 82.5 Å². The number of rotatable bonds is 2. The Morgan fingerprint density at radius 1 is 1.21 bits per heavy atom. The fourth-order valence-electron chi connectivity index (χ4n) is 7.68. The van der Waals surface area contributed by atoms with Crippen LogP contribution in [-0.2, 0) is 21.4 Å². The Morgan fingerprint density at radius 3 is 2.83 bits per heavy atom. The van der Waals surface area contributed by atoms with E-state index in [-0.39, 0.29) is 11.5 Å². The third-order valence-electron chi connectivity index (χ3n) is 10.3. The summed E-state index contributed by atoms with van der Waals surface area (Å²) in [6, 6.07) is 12.4. The van der Waals surface area contributed by atoms with Crippen molar-refractivity contribution in [3.8, 4) is 5.75 Å². The zero-order valence-corrected chi connectivity index (χ0v) is 25.6. The SMILES string of the molecule is C=C1C[C@@H](C(=O)O)c2ccc3c(c2)N(C[C@@H]2CC[C@H]2[C@@H](OC)/C=C/CCN1C)C[C@@]1(CCCc2cc(Cl)ccc21)CO3. The highest BCUT2D eigenvalue weighted by atomic mass is 35.5. The molecule has 6 rings (SSSR count). The van der Waals surface area contributed by atoms with Crippen LogP contribution < -0.4 is 9.64 Å². The zero-order chi connectivity index (χ0) is 29.4. The van der Waals surface area contributed by atoms with Crippen molar-refractivity contribution >= 4 is 23.3 Å². The van der Waals surface area contributed by atoms with Gasteiger partial charge in [-0.15, -0.1) is 0 Å². The van der Waals surface area contributed by atoms with Crippen LogP contribution in [0.2, 0.25) is 5.02 Å². The van der Waals surface area contributed by atoms with Crippen molar-refractivity contribution in [3.63, 3.8) is 0 Å². The molecule has 2 bridgehead atoms. The van der Waals surface area contributed by atoms with Crippen LogP contribution in [0.1, 0.15) is 61.1 Å². The fourth-order valence-corrected chi connectivity index (χ4v) is 7.87. The van der Waals surface area contributed by atoms with E-state index in [0.29, 0.717) is 24.9 Å². The lowest BCUT2D eigenvalue weighted by Gasteiger charge is -2.46. The number of allylic oxidation sites excluding steroid dienone is 1. The van der Waals surface area contributed by atoms with Gasteiger partial charge in [0, 0.05) is 56.3 Å². The minimum Gasteiger partial charge on any atom is -0.490 e. The molecule has 2 aliphatic carbocycles. The normalized spacial score (nSPS) is 30.4. The fraction of sp³-hybridized carbons (Fsp3) is 0.514. The van der Waals surface area contributed by atoms with Crippen LogP contribution in [0.4, 0.5) is 5.69 Å². The number of carboxylic acid groups (broad SMARTS) is 1. The number of aryl methyl sites for hydroxylation is 1. The summed E-state index contributed by atoms with van der Waals surface area (Å²) in [6.07, 6.45) is 11.2. The topological polar surface area (TPSA) is 62.2 Å². The highest BCUT2D eigenvalue weighted by Gasteiger charge is 2.44. The van der Waals surface area contributed by atoms with E-state index in [2.05, 4.69) is 46.7 Å². The minimum atomic E-state index is -0.830. The van der Waals surface area contributed by atoms with Crippen molar-refractivity contribution in [2.24, 2.45) is 11.8 Å². The molecule has 0 radical (unpaired) electrons. The second-order valence-corrected chi connectivity index (χ2v) is 13.3. The molecule has 1 spiro atoms. The lowest BCUT2D eigenvalue weighted by Crippen LogP contribution is -2.49. The van der Waals surface area contributed by atoms with Gasteiger partial charge in [-0.3, -0.25) is 4.79 Å². The molecule has 1 saturated carbocycles. The second-order valence-electron chi connectivity index (χ2n) is 12.8. The summed E-state index contributed by atoms with van der Waals surface area (Å²) in [7, 11) is 3.82. The van der Waals surface area contributed by atoms with Crippen molar-refractivity contribution in [2.75, 3.05) is 45.3 Å². The zero-order valence-electron chi connectivity index (χ0n) is 24.9. The number of aliphatic carboxylic acids is 1.